The third kappa shape index (κ3) is 5.60. The first-order valence-electron chi connectivity index (χ1n) is 18.5. The van der Waals surface area contributed by atoms with E-state index in [9.17, 15) is 0 Å². The van der Waals surface area contributed by atoms with Gasteiger partial charge in [-0.05, 0) is 105 Å². The van der Waals surface area contributed by atoms with Gasteiger partial charge in [-0.15, -0.1) is 23.2 Å². The SMILES string of the molecule is ClC(Cl)C1CCCC2C3NC4NC(NC5NC(NC6NC(NC(N3)C12)C1CCCCC61)C1CCCCC51)C1CCCCC41.[Zn]. The third-order valence-electron chi connectivity index (χ3n) is 14.3. The Morgan fingerprint density at radius 2 is 0.614 bits per heavy atom. The topological polar surface area (TPSA) is 96.2 Å². The molecule has 244 valence electrons. The largest absolute Gasteiger partial charge is 0.286 e. The van der Waals surface area contributed by atoms with E-state index in [-0.39, 0.29) is 36.6 Å². The van der Waals surface area contributed by atoms with Crippen LogP contribution in [0.15, 0.2) is 0 Å². The van der Waals surface area contributed by atoms with E-state index in [0.29, 0.717) is 90.3 Å². The van der Waals surface area contributed by atoms with Gasteiger partial charge in [0.2, 0.25) is 0 Å². The van der Waals surface area contributed by atoms with Gasteiger partial charge in [0.15, 0.2) is 0 Å². The summed E-state index contributed by atoms with van der Waals surface area (Å²) in [4.78, 5) is -0.314. The average molecular weight is 701 g/mol. The van der Waals surface area contributed by atoms with Gasteiger partial charge in [-0.2, -0.15) is 0 Å². The van der Waals surface area contributed by atoms with Gasteiger partial charge in [0.25, 0.3) is 0 Å². The van der Waals surface area contributed by atoms with Gasteiger partial charge in [-0.25, -0.2) is 0 Å². The first-order valence-corrected chi connectivity index (χ1v) is 19.4. The molecule has 5 aliphatic heterocycles. The van der Waals surface area contributed by atoms with Crippen molar-refractivity contribution in [3.63, 3.8) is 0 Å². The summed E-state index contributed by atoms with van der Waals surface area (Å²) >= 11 is 13.5. The van der Waals surface area contributed by atoms with Crippen LogP contribution >= 0.6 is 23.2 Å². The van der Waals surface area contributed by atoms with Gasteiger partial charge < -0.3 is 0 Å². The minimum absolute atomic E-state index is 0. The first-order chi connectivity index (χ1) is 21.1. The van der Waals surface area contributed by atoms with E-state index in [1.165, 1.54) is 89.9 Å². The third-order valence-corrected chi connectivity index (χ3v) is 14.9. The van der Waals surface area contributed by atoms with E-state index in [2.05, 4.69) is 42.5 Å². The number of alkyl halides is 2. The van der Waals surface area contributed by atoms with Crippen LogP contribution in [0.4, 0.5) is 0 Å². The quantitative estimate of drug-likeness (QED) is 0.155. The van der Waals surface area contributed by atoms with E-state index >= 15 is 0 Å². The molecule has 0 amide bonds. The molecule has 9 rings (SSSR count). The van der Waals surface area contributed by atoms with Crippen LogP contribution < -0.4 is 42.5 Å². The second-order valence-corrected chi connectivity index (χ2v) is 17.3. The standard InChI is InChI=1S/C33H56Cl2N8.Zn/c34-25(35)22-14-7-15-23-24(22)33-42-31-21-13-6-5-12-20(21)29(40-31)38-27-17-9-2-1-8-16(17)26(36-27)37-28-18-10-3-4-11-19(18)30(39-28)41-32(23)43-33;/h16-33,36-43H,1-15H2;. The zero-order valence-corrected chi connectivity index (χ0v) is 30.9. The van der Waals surface area contributed by atoms with Gasteiger partial charge in [0, 0.05) is 19.5 Å². The number of hydrogen-bond donors (Lipinski definition) is 8. The van der Waals surface area contributed by atoms with Crippen LogP contribution in [0.1, 0.15) is 96.3 Å². The molecule has 5 saturated heterocycles. The predicted octanol–water partition coefficient (Wildman–Crippen LogP) is 3.63. The van der Waals surface area contributed by atoms with Gasteiger partial charge >= 0.3 is 0 Å². The molecule has 0 aromatic carbocycles. The Morgan fingerprint density at radius 3 is 0.932 bits per heavy atom. The van der Waals surface area contributed by atoms with Gasteiger partial charge in [0.1, 0.15) is 4.84 Å². The number of nitrogens with one attached hydrogen (secondary N) is 8. The zero-order chi connectivity index (χ0) is 28.7. The smallest absolute Gasteiger partial charge is 0.111 e. The summed E-state index contributed by atoms with van der Waals surface area (Å²) in [6.45, 7) is 0. The second kappa shape index (κ2) is 13.3. The molecule has 0 spiro atoms. The zero-order valence-electron chi connectivity index (χ0n) is 26.5. The van der Waals surface area contributed by atoms with Crippen molar-refractivity contribution in [2.75, 3.05) is 0 Å². The van der Waals surface area contributed by atoms with Crippen LogP contribution in [0.3, 0.4) is 0 Å². The van der Waals surface area contributed by atoms with Crippen LogP contribution in [0, 0.1) is 53.3 Å². The Bertz CT molecular complexity index is 1010. The fourth-order valence-electron chi connectivity index (χ4n) is 12.4. The summed E-state index contributed by atoms with van der Waals surface area (Å²) in [5, 5.41) is 33.6. The Morgan fingerprint density at radius 1 is 0.341 bits per heavy atom. The molecule has 4 saturated carbocycles. The fourth-order valence-corrected chi connectivity index (χ4v) is 13.0. The van der Waals surface area contributed by atoms with Crippen LogP contribution in [0.5, 0.6) is 0 Å². The van der Waals surface area contributed by atoms with Gasteiger partial charge in [0.05, 0.1) is 49.3 Å². The Balaban J connectivity index is 0.00000289. The summed E-state index contributed by atoms with van der Waals surface area (Å²) in [6, 6.07) is 0. The molecule has 44 heavy (non-hydrogen) atoms. The maximum Gasteiger partial charge on any atom is 0.111 e. The fraction of sp³-hybridized carbons (Fsp3) is 1.00. The van der Waals surface area contributed by atoms with E-state index in [0.717, 1.165) is 6.42 Å². The molecule has 8 N–H and O–H groups in total. The van der Waals surface area contributed by atoms with E-state index < -0.39 is 0 Å². The summed E-state index contributed by atoms with van der Waals surface area (Å²) in [5.74, 6) is 5.46. The van der Waals surface area contributed by atoms with Crippen molar-refractivity contribution in [2.45, 2.75) is 150 Å². The molecule has 0 aromatic heterocycles. The summed E-state index contributed by atoms with van der Waals surface area (Å²) in [7, 11) is 0. The molecule has 9 fully saturated rings. The summed E-state index contributed by atoms with van der Waals surface area (Å²) < 4.78 is 0. The van der Waals surface area contributed by atoms with Crippen molar-refractivity contribution < 1.29 is 19.5 Å². The molecule has 8 nitrogen and oxygen atoms in total. The molecule has 0 radical (unpaired) electrons. The molecule has 11 heteroatoms. The van der Waals surface area contributed by atoms with E-state index in [4.69, 9.17) is 23.2 Å². The van der Waals surface area contributed by atoms with Crippen molar-refractivity contribution in [2.24, 2.45) is 53.3 Å². The normalized spacial score (nSPS) is 55.0. The van der Waals surface area contributed by atoms with Crippen molar-refractivity contribution in [1.82, 2.24) is 42.5 Å². The molecule has 9 aliphatic rings. The molecule has 17 unspecified atom stereocenters. The van der Waals surface area contributed by atoms with Crippen molar-refractivity contribution in [3.8, 4) is 0 Å². The number of rotatable bonds is 1. The van der Waals surface area contributed by atoms with Crippen LogP contribution in [0.25, 0.3) is 0 Å². The molecule has 17 atom stereocenters. The van der Waals surface area contributed by atoms with E-state index in [1.807, 2.05) is 0 Å². The predicted molar refractivity (Wildman–Crippen MR) is 172 cm³/mol. The summed E-state index contributed by atoms with van der Waals surface area (Å²) in [5.41, 5.74) is 0. The maximum absolute atomic E-state index is 6.76. The minimum Gasteiger partial charge on any atom is -0.286 e. The number of fused-ring (bicyclic) bond motifs is 20. The summed E-state index contributed by atoms with van der Waals surface area (Å²) in [6.07, 6.45) is 22.4. The molecule has 8 bridgehead atoms. The van der Waals surface area contributed by atoms with Crippen molar-refractivity contribution in [1.29, 1.82) is 0 Å². The van der Waals surface area contributed by atoms with Crippen molar-refractivity contribution in [3.05, 3.63) is 0 Å². The first kappa shape index (κ1) is 32.1. The Hall–Kier alpha value is 0.883. The molecular weight excluding hydrogens is 645 g/mol. The van der Waals surface area contributed by atoms with Crippen LogP contribution in [-0.4, -0.2) is 54.2 Å². The van der Waals surface area contributed by atoms with Gasteiger partial charge in [-0.1, -0.05) is 44.9 Å². The van der Waals surface area contributed by atoms with Crippen LogP contribution in [0.2, 0.25) is 0 Å². The number of halogens is 2. The van der Waals surface area contributed by atoms with E-state index in [1.54, 1.807) is 0 Å². The minimum atomic E-state index is -0.314. The molecular formula is C33H56Cl2N8Zn. The van der Waals surface area contributed by atoms with Crippen LogP contribution in [-0.2, 0) is 19.5 Å². The second-order valence-electron chi connectivity index (χ2n) is 16.2. The Labute approximate surface area is 287 Å². The van der Waals surface area contributed by atoms with Crippen molar-refractivity contribution >= 4 is 23.2 Å². The maximum atomic E-state index is 6.76. The number of hydrogen-bond acceptors (Lipinski definition) is 8. The monoisotopic (exact) mass is 698 g/mol. The average Bonchev–Trinajstić information content (AvgIpc) is 3.76. The molecule has 4 aliphatic carbocycles. The molecule has 5 heterocycles. The molecule has 0 aromatic rings. The Kier molecular flexibility index (Phi) is 9.71. The van der Waals surface area contributed by atoms with Gasteiger partial charge in [-0.3, -0.25) is 42.5 Å².